The fourth-order valence-electron chi connectivity index (χ4n) is 2.88. The van der Waals surface area contributed by atoms with E-state index in [0.29, 0.717) is 5.75 Å². The molecule has 130 valence electrons. The van der Waals surface area contributed by atoms with Crippen LogP contribution in [0.5, 0.6) is 5.75 Å². The molecule has 0 fully saturated rings. The van der Waals surface area contributed by atoms with Crippen LogP contribution in [-0.2, 0) is 0 Å². The predicted octanol–water partition coefficient (Wildman–Crippen LogP) is 4.22. The molecular weight excluding hydrogens is 394 g/mol. The molecule has 2 heterocycles. The van der Waals surface area contributed by atoms with Crippen molar-refractivity contribution in [3.63, 3.8) is 0 Å². The number of imidazole rings is 1. The van der Waals surface area contributed by atoms with Crippen molar-refractivity contribution in [3.8, 4) is 22.7 Å². The van der Waals surface area contributed by atoms with Gasteiger partial charge in [0.2, 0.25) is 0 Å². The van der Waals surface area contributed by atoms with Crippen LogP contribution in [0.2, 0.25) is 0 Å². The summed E-state index contributed by atoms with van der Waals surface area (Å²) in [5.41, 5.74) is 3.56. The van der Waals surface area contributed by atoms with Gasteiger partial charge in [-0.15, -0.1) is 0 Å². The molecule has 2 aromatic carbocycles. The van der Waals surface area contributed by atoms with Crippen LogP contribution in [0.25, 0.3) is 27.8 Å². The highest BCUT2D eigenvalue weighted by atomic mass is 79.9. The third-order valence-corrected chi connectivity index (χ3v) is 4.68. The summed E-state index contributed by atoms with van der Waals surface area (Å²) in [6.45, 7) is 0.144. The maximum absolute atomic E-state index is 9.15. The average Bonchev–Trinajstić information content (AvgIpc) is 3.21. The van der Waals surface area contributed by atoms with Gasteiger partial charge >= 0.3 is 0 Å². The largest absolute Gasteiger partial charge is 0.488 e. The molecule has 0 amide bonds. The van der Waals surface area contributed by atoms with Gasteiger partial charge in [-0.3, -0.25) is 0 Å². The van der Waals surface area contributed by atoms with E-state index in [-0.39, 0.29) is 13.2 Å². The van der Waals surface area contributed by atoms with Crippen LogP contribution in [0.1, 0.15) is 0 Å². The van der Waals surface area contributed by atoms with E-state index in [4.69, 9.17) is 14.8 Å². The maximum Gasteiger partial charge on any atom is 0.159 e. The number of pyridine rings is 1. The molecule has 0 aliphatic rings. The van der Waals surface area contributed by atoms with E-state index < -0.39 is 0 Å². The Kier molecular flexibility index (Phi) is 4.69. The highest BCUT2D eigenvalue weighted by molar-refractivity contribution is 9.10. The van der Waals surface area contributed by atoms with Gasteiger partial charge < -0.3 is 14.4 Å². The molecule has 5 nitrogen and oxygen atoms in total. The molecule has 6 heteroatoms. The second-order valence-corrected chi connectivity index (χ2v) is 6.56. The smallest absolute Gasteiger partial charge is 0.159 e. The highest BCUT2D eigenvalue weighted by Crippen LogP contribution is 2.37. The summed E-state index contributed by atoms with van der Waals surface area (Å²) in [5, 5.41) is 10.1. The minimum absolute atomic E-state index is 0.0599. The first-order valence-electron chi connectivity index (χ1n) is 8.18. The summed E-state index contributed by atoms with van der Waals surface area (Å²) in [4.78, 5) is 9.03. The van der Waals surface area contributed by atoms with Gasteiger partial charge in [0.25, 0.3) is 0 Å². The number of nitrogens with zero attached hydrogens (tertiary/aromatic N) is 3. The van der Waals surface area contributed by atoms with Crippen molar-refractivity contribution in [1.82, 2.24) is 14.5 Å². The van der Waals surface area contributed by atoms with Gasteiger partial charge in [-0.25, -0.2) is 9.97 Å². The lowest BCUT2D eigenvalue weighted by molar-refractivity contribution is 0.202. The Labute approximate surface area is 159 Å². The van der Waals surface area contributed by atoms with Gasteiger partial charge in [-0.05, 0) is 34.1 Å². The summed E-state index contributed by atoms with van der Waals surface area (Å²) < 4.78 is 8.54. The monoisotopic (exact) mass is 409 g/mol. The summed E-state index contributed by atoms with van der Waals surface area (Å²) in [6.07, 6.45) is 5.41. The molecule has 0 atom stereocenters. The number of ether oxygens (including phenoxy) is 1. The number of hydrogen-bond acceptors (Lipinski definition) is 4. The Hall–Kier alpha value is -2.70. The molecule has 26 heavy (non-hydrogen) atoms. The second kappa shape index (κ2) is 7.27. The van der Waals surface area contributed by atoms with Gasteiger partial charge in [0.15, 0.2) is 5.75 Å². The number of rotatable bonds is 5. The van der Waals surface area contributed by atoms with Crippen molar-refractivity contribution in [3.05, 3.63) is 71.7 Å². The highest BCUT2D eigenvalue weighted by Gasteiger charge is 2.15. The molecule has 0 radical (unpaired) electrons. The Balaban J connectivity index is 2.02. The normalized spacial score (nSPS) is 11.0. The minimum atomic E-state index is -0.0599. The van der Waals surface area contributed by atoms with Crippen LogP contribution in [0.15, 0.2) is 71.7 Å². The van der Waals surface area contributed by atoms with E-state index in [2.05, 4.69) is 20.9 Å². The molecule has 0 unspecified atom stereocenters. The van der Waals surface area contributed by atoms with Crippen LogP contribution < -0.4 is 4.74 Å². The van der Waals surface area contributed by atoms with Crippen LogP contribution in [0.3, 0.4) is 0 Å². The first kappa shape index (κ1) is 16.8. The van der Waals surface area contributed by atoms with Gasteiger partial charge in [0, 0.05) is 23.3 Å². The first-order valence-corrected chi connectivity index (χ1v) is 8.98. The molecule has 2 aromatic heterocycles. The van der Waals surface area contributed by atoms with Crippen molar-refractivity contribution in [2.45, 2.75) is 0 Å². The molecule has 1 N–H and O–H groups in total. The number of aromatic nitrogens is 3. The molecule has 0 aliphatic heterocycles. The fourth-order valence-corrected chi connectivity index (χ4v) is 3.32. The van der Waals surface area contributed by atoms with Crippen molar-refractivity contribution in [2.24, 2.45) is 0 Å². The van der Waals surface area contributed by atoms with E-state index in [1.165, 1.54) is 0 Å². The fraction of sp³-hybridized carbons (Fsp3) is 0.100. The number of hydrogen-bond donors (Lipinski definition) is 1. The lowest BCUT2D eigenvalue weighted by atomic mass is 10.1. The summed E-state index contributed by atoms with van der Waals surface area (Å²) in [6, 6.07) is 16.0. The van der Waals surface area contributed by atoms with Crippen molar-refractivity contribution < 1.29 is 9.84 Å². The van der Waals surface area contributed by atoms with E-state index in [1.807, 2.05) is 59.3 Å². The summed E-state index contributed by atoms with van der Waals surface area (Å²) in [5.74, 6) is 0.621. The number of benzene rings is 2. The quantitative estimate of drug-likeness (QED) is 0.535. The zero-order valence-corrected chi connectivity index (χ0v) is 15.4. The van der Waals surface area contributed by atoms with Crippen LogP contribution in [0, 0.1) is 0 Å². The SMILES string of the molecule is OCCOc1c(Br)ccc2c(-n3ccnc3)cc(-c3ccccc3)nc12. The van der Waals surface area contributed by atoms with Gasteiger partial charge in [-0.2, -0.15) is 0 Å². The predicted molar refractivity (Wildman–Crippen MR) is 105 cm³/mol. The van der Waals surface area contributed by atoms with Gasteiger partial charge in [0.05, 0.1) is 28.8 Å². The molecular formula is C20H16BrN3O2. The lowest BCUT2D eigenvalue weighted by Crippen LogP contribution is -2.04. The third kappa shape index (κ3) is 3.09. The summed E-state index contributed by atoms with van der Waals surface area (Å²) >= 11 is 3.54. The summed E-state index contributed by atoms with van der Waals surface area (Å²) in [7, 11) is 0. The minimum Gasteiger partial charge on any atom is -0.488 e. The van der Waals surface area contributed by atoms with Crippen LogP contribution >= 0.6 is 15.9 Å². The molecule has 0 spiro atoms. The number of halogens is 1. The zero-order valence-electron chi connectivity index (χ0n) is 13.8. The maximum atomic E-state index is 9.15. The van der Waals surface area contributed by atoms with Crippen molar-refractivity contribution >= 4 is 26.8 Å². The average molecular weight is 410 g/mol. The van der Waals surface area contributed by atoms with Crippen molar-refractivity contribution in [2.75, 3.05) is 13.2 Å². The van der Waals surface area contributed by atoms with E-state index in [1.54, 1.807) is 12.5 Å². The molecule has 0 saturated carbocycles. The standard InChI is InChI=1S/C20H16BrN3O2/c21-16-7-6-15-18(24-9-8-22-13-24)12-17(14-4-2-1-3-5-14)23-19(15)20(16)26-11-10-25/h1-9,12-13,25H,10-11H2. The Morgan fingerprint density at radius 3 is 2.69 bits per heavy atom. The lowest BCUT2D eigenvalue weighted by Gasteiger charge is -2.15. The molecule has 4 rings (SSSR count). The topological polar surface area (TPSA) is 60.2 Å². The Bertz CT molecular complexity index is 1030. The van der Waals surface area contributed by atoms with Crippen LogP contribution in [-0.4, -0.2) is 32.9 Å². The molecule has 0 saturated heterocycles. The number of aliphatic hydroxyl groups excluding tert-OH is 1. The van der Waals surface area contributed by atoms with E-state index in [0.717, 1.165) is 32.3 Å². The molecule has 0 aliphatic carbocycles. The molecule has 0 bridgehead atoms. The van der Waals surface area contributed by atoms with E-state index in [9.17, 15) is 0 Å². The first-order chi connectivity index (χ1) is 12.8. The Morgan fingerprint density at radius 2 is 1.96 bits per heavy atom. The van der Waals surface area contributed by atoms with Gasteiger partial charge in [-0.1, -0.05) is 30.3 Å². The van der Waals surface area contributed by atoms with E-state index >= 15 is 0 Å². The zero-order chi connectivity index (χ0) is 17.9. The second-order valence-electron chi connectivity index (χ2n) is 5.71. The number of aliphatic hydroxyl groups is 1. The van der Waals surface area contributed by atoms with Crippen molar-refractivity contribution in [1.29, 1.82) is 0 Å². The van der Waals surface area contributed by atoms with Gasteiger partial charge in [0.1, 0.15) is 12.1 Å². The Morgan fingerprint density at radius 1 is 1.12 bits per heavy atom. The third-order valence-electron chi connectivity index (χ3n) is 4.05. The molecule has 4 aromatic rings. The van der Waals surface area contributed by atoms with Crippen LogP contribution in [0.4, 0.5) is 0 Å². The number of fused-ring (bicyclic) bond motifs is 1.